The second-order valence-electron chi connectivity index (χ2n) is 2.59. The van der Waals surface area contributed by atoms with Gasteiger partial charge in [-0.3, -0.25) is 4.68 Å². The Morgan fingerprint density at radius 3 is 2.82 bits per heavy atom. The van der Waals surface area contributed by atoms with E-state index in [0.29, 0.717) is 6.42 Å². The largest absolute Gasteiger partial charge is 0.396 e. The number of aryl methyl sites for hydroxylation is 2. The molecule has 0 aliphatic rings. The molecule has 1 N–H and O–H groups in total. The van der Waals surface area contributed by atoms with Crippen LogP contribution in [0.25, 0.3) is 0 Å². The third-order valence-electron chi connectivity index (χ3n) is 1.72. The summed E-state index contributed by atoms with van der Waals surface area (Å²) in [4.78, 5) is 0. The van der Waals surface area contributed by atoms with Crippen molar-refractivity contribution in [2.45, 2.75) is 26.8 Å². The second kappa shape index (κ2) is 3.53. The minimum absolute atomic E-state index is 0.182. The van der Waals surface area contributed by atoms with Crippen LogP contribution < -0.4 is 0 Å². The average Bonchev–Trinajstić information content (AvgIpc) is 2.33. The maximum absolute atomic E-state index is 8.68. The van der Waals surface area contributed by atoms with E-state index in [0.717, 1.165) is 12.2 Å². The van der Waals surface area contributed by atoms with E-state index in [-0.39, 0.29) is 6.61 Å². The van der Waals surface area contributed by atoms with Crippen LogP contribution in [-0.4, -0.2) is 21.5 Å². The lowest BCUT2D eigenvalue weighted by Crippen LogP contribution is -1.97. The predicted molar refractivity (Wildman–Crippen MR) is 43.4 cm³/mol. The fourth-order valence-corrected chi connectivity index (χ4v) is 1.08. The van der Waals surface area contributed by atoms with Crippen LogP contribution in [0, 0.1) is 6.92 Å². The second-order valence-corrected chi connectivity index (χ2v) is 2.59. The minimum Gasteiger partial charge on any atom is -0.396 e. The predicted octanol–water partition coefficient (Wildman–Crippen LogP) is 0.746. The monoisotopic (exact) mass is 154 g/mol. The number of rotatable bonds is 3. The summed E-state index contributed by atoms with van der Waals surface area (Å²) < 4.78 is 1.89. The van der Waals surface area contributed by atoms with E-state index in [9.17, 15) is 0 Å². The maximum atomic E-state index is 8.68. The van der Waals surface area contributed by atoms with Crippen molar-refractivity contribution in [3.05, 3.63) is 17.5 Å². The zero-order valence-electron chi connectivity index (χ0n) is 7.04. The summed E-state index contributed by atoms with van der Waals surface area (Å²) in [6.07, 6.45) is 2.67. The molecule has 0 radical (unpaired) electrons. The van der Waals surface area contributed by atoms with Crippen LogP contribution >= 0.6 is 0 Å². The molecule has 1 aromatic heterocycles. The highest BCUT2D eigenvalue weighted by molar-refractivity contribution is 5.14. The molecule has 0 atom stereocenters. The van der Waals surface area contributed by atoms with Crippen LogP contribution in [0.1, 0.15) is 18.2 Å². The molecule has 0 spiro atoms. The summed E-state index contributed by atoms with van der Waals surface area (Å²) in [6.45, 7) is 5.15. The number of hydrogen-bond donors (Lipinski definition) is 1. The molecule has 1 aromatic rings. The van der Waals surface area contributed by atoms with Gasteiger partial charge < -0.3 is 5.11 Å². The van der Waals surface area contributed by atoms with E-state index >= 15 is 0 Å². The van der Waals surface area contributed by atoms with Gasteiger partial charge in [-0.1, -0.05) is 0 Å². The van der Waals surface area contributed by atoms with Gasteiger partial charge in [0, 0.05) is 25.8 Å². The molecule has 0 aliphatic carbocycles. The molecule has 0 bridgehead atoms. The highest BCUT2D eigenvalue weighted by Crippen LogP contribution is 2.04. The zero-order valence-corrected chi connectivity index (χ0v) is 7.04. The van der Waals surface area contributed by atoms with Crippen molar-refractivity contribution < 1.29 is 5.11 Å². The summed E-state index contributed by atoms with van der Waals surface area (Å²) >= 11 is 0. The Morgan fingerprint density at radius 2 is 2.36 bits per heavy atom. The van der Waals surface area contributed by atoms with Crippen LogP contribution in [0.3, 0.4) is 0 Å². The SMILES string of the molecule is CCn1cc(C)c(CCO)n1. The standard InChI is InChI=1S/C8H14N2O/c1-3-10-6-7(2)8(9-10)4-5-11/h6,11H,3-5H2,1-2H3. The lowest BCUT2D eigenvalue weighted by molar-refractivity contribution is 0.297. The van der Waals surface area contributed by atoms with Crippen LogP contribution in [0.2, 0.25) is 0 Å². The quantitative estimate of drug-likeness (QED) is 0.697. The van der Waals surface area contributed by atoms with E-state index in [2.05, 4.69) is 12.0 Å². The lowest BCUT2D eigenvalue weighted by atomic mass is 10.2. The van der Waals surface area contributed by atoms with Gasteiger partial charge in [0.25, 0.3) is 0 Å². The van der Waals surface area contributed by atoms with Crippen molar-refractivity contribution in [3.8, 4) is 0 Å². The third kappa shape index (κ3) is 1.80. The molecule has 3 heteroatoms. The summed E-state index contributed by atoms with van der Waals surface area (Å²) in [6, 6.07) is 0. The first kappa shape index (κ1) is 8.27. The number of aliphatic hydroxyl groups excluding tert-OH is 1. The highest BCUT2D eigenvalue weighted by atomic mass is 16.3. The molecule has 11 heavy (non-hydrogen) atoms. The van der Waals surface area contributed by atoms with Crippen LogP contribution in [-0.2, 0) is 13.0 Å². The molecule has 62 valence electrons. The highest BCUT2D eigenvalue weighted by Gasteiger charge is 2.01. The Morgan fingerprint density at radius 1 is 1.64 bits per heavy atom. The van der Waals surface area contributed by atoms with Crippen molar-refractivity contribution in [2.75, 3.05) is 6.61 Å². The van der Waals surface area contributed by atoms with Gasteiger partial charge in [0.1, 0.15) is 0 Å². The van der Waals surface area contributed by atoms with Crippen molar-refractivity contribution in [3.63, 3.8) is 0 Å². The van der Waals surface area contributed by atoms with E-state index < -0.39 is 0 Å². The summed E-state index contributed by atoms with van der Waals surface area (Å²) in [5.41, 5.74) is 2.18. The number of nitrogens with zero attached hydrogens (tertiary/aromatic N) is 2. The summed E-state index contributed by atoms with van der Waals surface area (Å²) in [5.74, 6) is 0. The maximum Gasteiger partial charge on any atom is 0.0676 e. The zero-order chi connectivity index (χ0) is 8.27. The van der Waals surface area contributed by atoms with Crippen molar-refractivity contribution in [2.24, 2.45) is 0 Å². The van der Waals surface area contributed by atoms with E-state index in [1.54, 1.807) is 0 Å². The molecule has 1 heterocycles. The lowest BCUT2D eigenvalue weighted by Gasteiger charge is -1.92. The Labute approximate surface area is 66.7 Å². The first-order valence-electron chi connectivity index (χ1n) is 3.91. The van der Waals surface area contributed by atoms with E-state index in [4.69, 9.17) is 5.11 Å². The third-order valence-corrected chi connectivity index (χ3v) is 1.72. The van der Waals surface area contributed by atoms with Gasteiger partial charge in [-0.05, 0) is 19.4 Å². The Balaban J connectivity index is 2.79. The first-order chi connectivity index (χ1) is 5.27. The van der Waals surface area contributed by atoms with Crippen LogP contribution in [0.15, 0.2) is 6.20 Å². The number of aliphatic hydroxyl groups is 1. The molecule has 1 rings (SSSR count). The Kier molecular flexibility index (Phi) is 2.65. The molecule has 0 fully saturated rings. The van der Waals surface area contributed by atoms with Crippen molar-refractivity contribution >= 4 is 0 Å². The summed E-state index contributed by atoms with van der Waals surface area (Å²) in [7, 11) is 0. The molecular weight excluding hydrogens is 140 g/mol. The minimum atomic E-state index is 0.182. The molecule has 0 aromatic carbocycles. The molecule has 0 aliphatic heterocycles. The topological polar surface area (TPSA) is 38.0 Å². The Bertz CT molecular complexity index is 230. The van der Waals surface area contributed by atoms with Gasteiger partial charge in [-0.15, -0.1) is 0 Å². The molecule has 0 saturated carbocycles. The molecule has 3 nitrogen and oxygen atoms in total. The molecule has 0 saturated heterocycles. The van der Waals surface area contributed by atoms with Crippen molar-refractivity contribution in [1.82, 2.24) is 9.78 Å². The number of hydrogen-bond acceptors (Lipinski definition) is 2. The summed E-state index contributed by atoms with van der Waals surface area (Å²) in [5, 5.41) is 13.0. The van der Waals surface area contributed by atoms with Crippen LogP contribution in [0.5, 0.6) is 0 Å². The fourth-order valence-electron chi connectivity index (χ4n) is 1.08. The van der Waals surface area contributed by atoms with E-state index in [1.165, 1.54) is 5.56 Å². The van der Waals surface area contributed by atoms with E-state index in [1.807, 2.05) is 17.8 Å². The van der Waals surface area contributed by atoms with Gasteiger partial charge in [0.05, 0.1) is 5.69 Å². The number of aromatic nitrogens is 2. The molecule has 0 amide bonds. The van der Waals surface area contributed by atoms with Gasteiger partial charge in [0.15, 0.2) is 0 Å². The molecule has 0 unspecified atom stereocenters. The first-order valence-corrected chi connectivity index (χ1v) is 3.91. The fraction of sp³-hybridized carbons (Fsp3) is 0.625. The van der Waals surface area contributed by atoms with Gasteiger partial charge in [0.2, 0.25) is 0 Å². The van der Waals surface area contributed by atoms with Gasteiger partial charge >= 0.3 is 0 Å². The molecular formula is C8H14N2O. The Hall–Kier alpha value is -0.830. The normalized spacial score (nSPS) is 10.5. The van der Waals surface area contributed by atoms with Gasteiger partial charge in [-0.25, -0.2) is 0 Å². The van der Waals surface area contributed by atoms with Gasteiger partial charge in [-0.2, -0.15) is 5.10 Å². The van der Waals surface area contributed by atoms with Crippen LogP contribution in [0.4, 0.5) is 0 Å². The smallest absolute Gasteiger partial charge is 0.0676 e. The average molecular weight is 154 g/mol. The van der Waals surface area contributed by atoms with Crippen molar-refractivity contribution in [1.29, 1.82) is 0 Å².